The molecule has 2 heterocycles. The molecule has 10 aromatic rings. The maximum Gasteiger partial charge on any atom is 0.0541 e. The Kier molecular flexibility index (Phi) is 8.78. The van der Waals surface area contributed by atoms with Crippen molar-refractivity contribution in [3.05, 3.63) is 224 Å². The second kappa shape index (κ2) is 14.7. The molecule has 0 aliphatic heterocycles. The van der Waals surface area contributed by atoms with Crippen LogP contribution in [0.5, 0.6) is 0 Å². The number of nitrogens with zero attached hydrogens (tertiary/aromatic N) is 2. The van der Waals surface area contributed by atoms with E-state index >= 15 is 0 Å². The molecule has 0 aliphatic carbocycles. The van der Waals surface area contributed by atoms with Gasteiger partial charge in [0, 0.05) is 33.4 Å². The summed E-state index contributed by atoms with van der Waals surface area (Å²) in [6.07, 6.45) is 10.9. The molecule has 0 fully saturated rings. The smallest absolute Gasteiger partial charge is 0.0541 e. The monoisotopic (exact) mass is 728 g/mol. The summed E-state index contributed by atoms with van der Waals surface area (Å²) in [6, 6.07) is 70.2. The van der Waals surface area contributed by atoms with E-state index < -0.39 is 0 Å². The van der Waals surface area contributed by atoms with Crippen LogP contribution in [-0.4, -0.2) is 9.13 Å². The maximum absolute atomic E-state index is 2.37. The van der Waals surface area contributed by atoms with Crippen LogP contribution in [0.25, 0.3) is 94.5 Å². The Morgan fingerprint density at radius 3 is 1.46 bits per heavy atom. The van der Waals surface area contributed by atoms with Crippen molar-refractivity contribution in [2.75, 3.05) is 0 Å². The summed E-state index contributed by atoms with van der Waals surface area (Å²) in [5.41, 5.74) is 15.4. The molecule has 0 saturated carbocycles. The molecule has 0 spiro atoms. The Labute approximate surface area is 333 Å². The number of rotatable bonds is 8. The lowest BCUT2D eigenvalue weighted by atomic mass is 9.92. The molecule has 10 rings (SSSR count). The van der Waals surface area contributed by atoms with E-state index in [0.29, 0.717) is 0 Å². The van der Waals surface area contributed by atoms with Gasteiger partial charge in [0.1, 0.15) is 0 Å². The largest absolute Gasteiger partial charge is 0.316 e. The molecule has 0 atom stereocenters. The fourth-order valence-corrected chi connectivity index (χ4v) is 8.41. The van der Waals surface area contributed by atoms with Gasteiger partial charge in [0.2, 0.25) is 0 Å². The van der Waals surface area contributed by atoms with Crippen molar-refractivity contribution in [1.82, 2.24) is 9.13 Å². The number of para-hydroxylation sites is 4. The zero-order chi connectivity index (χ0) is 38.1. The van der Waals surface area contributed by atoms with Gasteiger partial charge in [-0.2, -0.15) is 0 Å². The summed E-state index contributed by atoms with van der Waals surface area (Å²) >= 11 is 0. The van der Waals surface area contributed by atoms with E-state index in [1.54, 1.807) is 0 Å². The first kappa shape index (κ1) is 34.1. The van der Waals surface area contributed by atoms with Crippen LogP contribution in [0, 0.1) is 0 Å². The summed E-state index contributed by atoms with van der Waals surface area (Å²) in [5.74, 6) is 0. The molecule has 0 aliphatic rings. The number of aromatic nitrogens is 2. The molecular formula is C55H40N2. The maximum atomic E-state index is 2.37. The number of fused-ring (bicyclic) bond motifs is 6. The average molecular weight is 729 g/mol. The highest BCUT2D eigenvalue weighted by Gasteiger charge is 2.13. The van der Waals surface area contributed by atoms with Gasteiger partial charge in [-0.3, -0.25) is 0 Å². The molecule has 2 aromatic heterocycles. The second-order valence-electron chi connectivity index (χ2n) is 14.5. The first-order chi connectivity index (χ1) is 28.2. The Morgan fingerprint density at radius 2 is 0.877 bits per heavy atom. The Bertz CT molecular complexity index is 3060. The van der Waals surface area contributed by atoms with Crippen LogP contribution in [0.1, 0.15) is 12.5 Å². The van der Waals surface area contributed by atoms with Crippen LogP contribution in [0.3, 0.4) is 0 Å². The molecule has 8 aromatic carbocycles. The third-order valence-electron chi connectivity index (χ3n) is 11.1. The number of hydrogen-bond donors (Lipinski definition) is 0. The summed E-state index contributed by atoms with van der Waals surface area (Å²) in [6.45, 7) is 2.08. The van der Waals surface area contributed by atoms with Gasteiger partial charge in [-0.15, -0.1) is 0 Å². The fourth-order valence-electron chi connectivity index (χ4n) is 8.41. The van der Waals surface area contributed by atoms with Crippen LogP contribution in [0.15, 0.2) is 218 Å². The molecule has 2 heteroatoms. The quantitative estimate of drug-likeness (QED) is 0.138. The Hall–Kier alpha value is -7.42. The molecule has 0 unspecified atom stereocenters. The van der Waals surface area contributed by atoms with Crippen molar-refractivity contribution in [3.8, 4) is 39.1 Å². The van der Waals surface area contributed by atoms with Crippen LogP contribution in [0.2, 0.25) is 0 Å². The zero-order valence-corrected chi connectivity index (χ0v) is 31.8. The molecule has 270 valence electrons. The lowest BCUT2D eigenvalue weighted by Crippen LogP contribution is -1.93. The summed E-state index contributed by atoms with van der Waals surface area (Å²) in [4.78, 5) is 0. The minimum absolute atomic E-state index is 1.15. The van der Waals surface area contributed by atoms with Gasteiger partial charge in [0.25, 0.3) is 0 Å². The van der Waals surface area contributed by atoms with Crippen LogP contribution < -0.4 is 0 Å². The van der Waals surface area contributed by atoms with Crippen LogP contribution >= 0.6 is 0 Å². The number of allylic oxidation sites excluding steroid dienone is 5. The fraction of sp³-hybridized carbons (Fsp3) is 0.0182. The van der Waals surface area contributed by atoms with Crippen LogP contribution in [0.4, 0.5) is 0 Å². The van der Waals surface area contributed by atoms with Crippen molar-refractivity contribution in [2.24, 2.45) is 0 Å². The average Bonchev–Trinajstić information content (AvgIpc) is 3.79. The Morgan fingerprint density at radius 1 is 0.404 bits per heavy atom. The molecular weight excluding hydrogens is 689 g/mol. The Balaban J connectivity index is 1.03. The topological polar surface area (TPSA) is 9.86 Å². The van der Waals surface area contributed by atoms with E-state index in [0.717, 1.165) is 11.3 Å². The van der Waals surface area contributed by atoms with Gasteiger partial charge in [-0.25, -0.2) is 0 Å². The third kappa shape index (κ3) is 6.28. The van der Waals surface area contributed by atoms with Crippen molar-refractivity contribution >= 4 is 55.4 Å². The number of benzene rings is 8. The van der Waals surface area contributed by atoms with E-state index in [1.165, 1.54) is 82.6 Å². The molecule has 0 N–H and O–H groups in total. The van der Waals surface area contributed by atoms with E-state index in [-0.39, 0.29) is 0 Å². The van der Waals surface area contributed by atoms with Crippen molar-refractivity contribution in [2.45, 2.75) is 6.92 Å². The van der Waals surface area contributed by atoms with Gasteiger partial charge in [0.05, 0.1) is 22.1 Å². The van der Waals surface area contributed by atoms with Crippen molar-refractivity contribution in [3.63, 3.8) is 0 Å². The van der Waals surface area contributed by atoms with Gasteiger partial charge in [-0.05, 0) is 118 Å². The first-order valence-electron chi connectivity index (χ1n) is 19.6. The molecule has 0 bridgehead atoms. The summed E-state index contributed by atoms with van der Waals surface area (Å²) < 4.78 is 4.66. The highest BCUT2D eigenvalue weighted by Crippen LogP contribution is 2.36. The summed E-state index contributed by atoms with van der Waals surface area (Å²) in [7, 11) is 0. The predicted octanol–water partition coefficient (Wildman–Crippen LogP) is 15.0. The zero-order valence-electron chi connectivity index (χ0n) is 31.8. The SMILES string of the molecule is C\C=C/C(=C\C=C\n1c2ccccc2c2ccccc21)c1cccc(-c2cc(-c3ccccc3)cc(-c3ccc(-n4c5ccccc5c5ccccc54)cc3)c2)c1. The second-order valence-corrected chi connectivity index (χ2v) is 14.5. The third-order valence-corrected chi connectivity index (χ3v) is 11.1. The van der Waals surface area contributed by atoms with E-state index in [9.17, 15) is 0 Å². The molecule has 0 amide bonds. The summed E-state index contributed by atoms with van der Waals surface area (Å²) in [5, 5.41) is 5.07. The van der Waals surface area contributed by atoms with Crippen molar-refractivity contribution < 1.29 is 0 Å². The number of hydrogen-bond acceptors (Lipinski definition) is 0. The first-order valence-corrected chi connectivity index (χ1v) is 19.6. The molecule has 0 saturated heterocycles. The van der Waals surface area contributed by atoms with Gasteiger partial charge in [0.15, 0.2) is 0 Å². The van der Waals surface area contributed by atoms with E-state index in [4.69, 9.17) is 0 Å². The van der Waals surface area contributed by atoms with Gasteiger partial charge >= 0.3 is 0 Å². The minimum Gasteiger partial charge on any atom is -0.316 e. The molecule has 57 heavy (non-hydrogen) atoms. The van der Waals surface area contributed by atoms with E-state index in [2.05, 4.69) is 241 Å². The highest BCUT2D eigenvalue weighted by molar-refractivity contribution is 6.10. The lowest BCUT2D eigenvalue weighted by Gasteiger charge is -2.14. The molecule has 0 radical (unpaired) electrons. The van der Waals surface area contributed by atoms with Crippen molar-refractivity contribution in [1.29, 1.82) is 0 Å². The standard InChI is InChI=1S/C55H40N2/c1-2-16-39(21-15-34-56-52-26-10-6-22-48(52)49-23-7-11-27-53(49)56)42-19-14-20-43(35-42)46-37-44(40-17-4-3-5-18-40)36-45(38-46)41-30-32-47(33-31-41)57-54-28-12-8-24-50(54)51-25-9-13-29-55(51)57/h2-38H,1H3/b16-2-,34-15+,39-21+. The van der Waals surface area contributed by atoms with Gasteiger partial charge in [-0.1, -0.05) is 152 Å². The van der Waals surface area contributed by atoms with E-state index in [1.807, 2.05) is 0 Å². The minimum atomic E-state index is 1.15. The normalized spacial score (nSPS) is 12.3. The lowest BCUT2D eigenvalue weighted by molar-refractivity contribution is 1.18. The van der Waals surface area contributed by atoms with Crippen LogP contribution in [-0.2, 0) is 0 Å². The van der Waals surface area contributed by atoms with Gasteiger partial charge < -0.3 is 9.13 Å². The highest BCUT2D eigenvalue weighted by atomic mass is 15.0. The molecule has 2 nitrogen and oxygen atoms in total. The predicted molar refractivity (Wildman–Crippen MR) is 245 cm³/mol.